The smallest absolute Gasteiger partial charge is 0.149 e. The van der Waals surface area contributed by atoms with Crippen molar-refractivity contribution in [3.8, 4) is 0 Å². The molecule has 4 nitrogen and oxygen atoms in total. The highest BCUT2D eigenvalue weighted by Crippen LogP contribution is 2.19. The molecule has 0 fully saturated rings. The lowest BCUT2D eigenvalue weighted by Crippen LogP contribution is -2.18. The second-order valence-electron chi connectivity index (χ2n) is 3.10. The Morgan fingerprint density at radius 1 is 1.43 bits per heavy atom. The molecule has 1 aromatic carbocycles. The zero-order valence-electron chi connectivity index (χ0n) is 7.66. The van der Waals surface area contributed by atoms with Gasteiger partial charge < -0.3 is 4.42 Å². The fourth-order valence-electron chi connectivity index (χ4n) is 1.40. The second-order valence-corrected chi connectivity index (χ2v) is 3.10. The van der Waals surface area contributed by atoms with E-state index < -0.39 is 0 Å². The number of amidine groups is 1. The van der Waals surface area contributed by atoms with Crippen LogP contribution in [0, 0.1) is 12.3 Å². The van der Waals surface area contributed by atoms with Gasteiger partial charge in [-0.1, -0.05) is 0 Å². The number of hydrogen-bond acceptors (Lipinski definition) is 3. The number of hydrogen-bond donors (Lipinski definition) is 3. The lowest BCUT2D eigenvalue weighted by molar-refractivity contribution is 0.234. The summed E-state index contributed by atoms with van der Waals surface area (Å²) in [5.74, 6) is 0.811. The third-order valence-corrected chi connectivity index (χ3v) is 2.04. The quantitative estimate of drug-likeness (QED) is 0.366. The van der Waals surface area contributed by atoms with Gasteiger partial charge in [0.15, 0.2) is 0 Å². The Balaban J connectivity index is 2.55. The summed E-state index contributed by atoms with van der Waals surface area (Å²) in [4.78, 5) is 0. The molecule has 0 amide bonds. The number of aryl methyl sites for hydroxylation is 1. The van der Waals surface area contributed by atoms with Gasteiger partial charge in [0, 0.05) is 10.9 Å². The summed E-state index contributed by atoms with van der Waals surface area (Å²) in [7, 11) is 0. The lowest BCUT2D eigenvalue weighted by atomic mass is 10.1. The summed E-state index contributed by atoms with van der Waals surface area (Å²) in [6.07, 6.45) is 0. The van der Waals surface area contributed by atoms with E-state index in [-0.39, 0.29) is 5.84 Å². The first kappa shape index (κ1) is 8.77. The van der Waals surface area contributed by atoms with Crippen LogP contribution in [-0.4, -0.2) is 11.0 Å². The highest BCUT2D eigenvalue weighted by Gasteiger charge is 2.04. The summed E-state index contributed by atoms with van der Waals surface area (Å²) in [6, 6.07) is 7.18. The summed E-state index contributed by atoms with van der Waals surface area (Å²) in [5.41, 5.74) is 3.22. The molecule has 2 aromatic rings. The maximum atomic E-state index is 8.57. The first-order chi connectivity index (χ1) is 6.70. The Labute approximate surface area is 80.6 Å². The van der Waals surface area contributed by atoms with Crippen LogP contribution >= 0.6 is 0 Å². The SMILES string of the molecule is Cc1cc2cc(C(=N)NO)ccc2o1. The van der Waals surface area contributed by atoms with E-state index in [9.17, 15) is 0 Å². The Hall–Kier alpha value is -1.81. The summed E-state index contributed by atoms with van der Waals surface area (Å²) >= 11 is 0. The van der Waals surface area contributed by atoms with E-state index >= 15 is 0 Å². The Morgan fingerprint density at radius 2 is 2.21 bits per heavy atom. The maximum Gasteiger partial charge on any atom is 0.149 e. The van der Waals surface area contributed by atoms with Crippen LogP contribution in [0.1, 0.15) is 11.3 Å². The number of fused-ring (bicyclic) bond motifs is 1. The molecule has 0 spiro atoms. The molecule has 4 heteroatoms. The Bertz CT molecular complexity index is 488. The molecule has 3 N–H and O–H groups in total. The third kappa shape index (κ3) is 1.36. The average molecular weight is 190 g/mol. The zero-order chi connectivity index (χ0) is 10.1. The molecule has 0 unspecified atom stereocenters. The second kappa shape index (κ2) is 3.16. The van der Waals surface area contributed by atoms with Crippen LogP contribution in [0.4, 0.5) is 0 Å². The van der Waals surface area contributed by atoms with Crippen molar-refractivity contribution in [3.63, 3.8) is 0 Å². The van der Waals surface area contributed by atoms with Crippen LogP contribution in [0.3, 0.4) is 0 Å². The van der Waals surface area contributed by atoms with Gasteiger partial charge in [-0.05, 0) is 31.2 Å². The molecule has 0 aliphatic rings. The van der Waals surface area contributed by atoms with Gasteiger partial charge in [-0.3, -0.25) is 16.1 Å². The number of furan rings is 1. The molecular formula is C10H10N2O2. The predicted octanol–water partition coefficient (Wildman–Crippen LogP) is 2.05. The Morgan fingerprint density at radius 3 is 2.93 bits per heavy atom. The van der Waals surface area contributed by atoms with Crippen molar-refractivity contribution in [1.29, 1.82) is 5.41 Å². The first-order valence-corrected chi connectivity index (χ1v) is 4.20. The summed E-state index contributed by atoms with van der Waals surface area (Å²) in [6.45, 7) is 1.87. The minimum Gasteiger partial charge on any atom is -0.461 e. The van der Waals surface area contributed by atoms with Crippen LogP contribution in [-0.2, 0) is 0 Å². The van der Waals surface area contributed by atoms with Gasteiger partial charge in [0.25, 0.3) is 0 Å². The molecule has 2 rings (SSSR count). The molecule has 0 aliphatic heterocycles. The van der Waals surface area contributed by atoms with Crippen LogP contribution in [0.25, 0.3) is 11.0 Å². The standard InChI is InChI=1S/C10H10N2O2/c1-6-4-8-5-7(10(11)12-13)2-3-9(8)14-6/h2-5,13H,1H3,(H2,11,12). The molecule has 14 heavy (non-hydrogen) atoms. The minimum atomic E-state index is -0.0225. The van der Waals surface area contributed by atoms with Gasteiger partial charge in [-0.15, -0.1) is 0 Å². The van der Waals surface area contributed by atoms with E-state index in [0.29, 0.717) is 5.56 Å². The van der Waals surface area contributed by atoms with Crippen molar-refractivity contribution in [2.24, 2.45) is 0 Å². The lowest BCUT2D eigenvalue weighted by Gasteiger charge is -2.00. The number of rotatable bonds is 1. The van der Waals surface area contributed by atoms with E-state index in [1.54, 1.807) is 23.7 Å². The molecule has 0 aliphatic carbocycles. The molecule has 0 bridgehead atoms. The zero-order valence-corrected chi connectivity index (χ0v) is 7.66. The van der Waals surface area contributed by atoms with Crippen molar-refractivity contribution >= 4 is 16.8 Å². The molecular weight excluding hydrogens is 180 g/mol. The number of hydroxylamine groups is 1. The van der Waals surface area contributed by atoms with Gasteiger partial charge in [-0.2, -0.15) is 0 Å². The average Bonchev–Trinajstić information content (AvgIpc) is 2.55. The minimum absolute atomic E-state index is 0.0225. The van der Waals surface area contributed by atoms with Crippen molar-refractivity contribution in [2.45, 2.75) is 6.92 Å². The van der Waals surface area contributed by atoms with E-state index in [1.165, 1.54) is 0 Å². The monoisotopic (exact) mass is 190 g/mol. The fourth-order valence-corrected chi connectivity index (χ4v) is 1.40. The highest BCUT2D eigenvalue weighted by molar-refractivity contribution is 5.98. The molecule has 0 saturated heterocycles. The number of benzene rings is 1. The van der Waals surface area contributed by atoms with Crippen molar-refractivity contribution in [2.75, 3.05) is 0 Å². The van der Waals surface area contributed by atoms with E-state index in [1.807, 2.05) is 13.0 Å². The van der Waals surface area contributed by atoms with E-state index in [0.717, 1.165) is 16.7 Å². The van der Waals surface area contributed by atoms with Crippen LogP contribution in [0.2, 0.25) is 0 Å². The van der Waals surface area contributed by atoms with Gasteiger partial charge in [0.1, 0.15) is 17.2 Å². The molecule has 0 atom stereocenters. The predicted molar refractivity (Wildman–Crippen MR) is 52.7 cm³/mol. The first-order valence-electron chi connectivity index (χ1n) is 4.20. The van der Waals surface area contributed by atoms with Gasteiger partial charge >= 0.3 is 0 Å². The maximum absolute atomic E-state index is 8.57. The molecule has 0 saturated carbocycles. The molecule has 0 radical (unpaired) electrons. The highest BCUT2D eigenvalue weighted by atomic mass is 16.5. The molecule has 72 valence electrons. The van der Waals surface area contributed by atoms with Crippen LogP contribution in [0.5, 0.6) is 0 Å². The van der Waals surface area contributed by atoms with E-state index in [2.05, 4.69) is 0 Å². The topological polar surface area (TPSA) is 69.2 Å². The summed E-state index contributed by atoms with van der Waals surface area (Å²) in [5, 5.41) is 16.9. The van der Waals surface area contributed by atoms with Crippen LogP contribution in [0.15, 0.2) is 28.7 Å². The van der Waals surface area contributed by atoms with Gasteiger partial charge in [0.2, 0.25) is 0 Å². The largest absolute Gasteiger partial charge is 0.461 e. The van der Waals surface area contributed by atoms with Gasteiger partial charge in [0.05, 0.1) is 0 Å². The van der Waals surface area contributed by atoms with Crippen molar-refractivity contribution in [3.05, 3.63) is 35.6 Å². The van der Waals surface area contributed by atoms with Gasteiger partial charge in [-0.25, -0.2) is 0 Å². The fraction of sp³-hybridized carbons (Fsp3) is 0.100. The van der Waals surface area contributed by atoms with E-state index in [4.69, 9.17) is 15.0 Å². The third-order valence-electron chi connectivity index (χ3n) is 2.04. The molecule has 1 aromatic heterocycles. The van der Waals surface area contributed by atoms with Crippen molar-refractivity contribution < 1.29 is 9.62 Å². The normalized spacial score (nSPS) is 10.4. The van der Waals surface area contributed by atoms with Crippen LogP contribution < -0.4 is 5.48 Å². The number of nitrogens with one attached hydrogen (secondary N) is 2. The van der Waals surface area contributed by atoms with Crippen molar-refractivity contribution in [1.82, 2.24) is 5.48 Å². The molecule has 1 heterocycles. The summed E-state index contributed by atoms with van der Waals surface area (Å²) < 4.78 is 5.38. The Kier molecular flexibility index (Phi) is 1.98.